The van der Waals surface area contributed by atoms with Crippen molar-refractivity contribution in [2.45, 2.75) is 18.1 Å². The number of thioether (sulfide) groups is 1. The molecule has 0 fully saturated rings. The van der Waals surface area contributed by atoms with Crippen LogP contribution in [0.3, 0.4) is 0 Å². The number of allylic oxidation sites excluding steroid dienone is 1. The quantitative estimate of drug-likeness (QED) is 0.329. The van der Waals surface area contributed by atoms with Crippen molar-refractivity contribution in [3.05, 3.63) is 76.8 Å². The summed E-state index contributed by atoms with van der Waals surface area (Å²) in [6, 6.07) is 10.2. The second-order valence-electron chi connectivity index (χ2n) is 6.49. The van der Waals surface area contributed by atoms with Crippen LogP contribution < -0.4 is 10.6 Å². The lowest BCUT2D eigenvalue weighted by atomic mass is 10.3. The van der Waals surface area contributed by atoms with Crippen molar-refractivity contribution in [2.75, 3.05) is 16.4 Å². The molecule has 1 heterocycles. The number of amides is 2. The van der Waals surface area contributed by atoms with Crippen LogP contribution in [0.1, 0.15) is 5.82 Å². The van der Waals surface area contributed by atoms with Crippen LogP contribution in [0.5, 0.6) is 0 Å². The average molecular weight is 494 g/mol. The van der Waals surface area contributed by atoms with Gasteiger partial charge in [0.05, 0.1) is 22.9 Å². The molecule has 0 radical (unpaired) electrons. The number of carbonyl (C=O) groups excluding carboxylic acids is 2. The van der Waals surface area contributed by atoms with Crippen molar-refractivity contribution in [1.82, 2.24) is 14.8 Å². The van der Waals surface area contributed by atoms with Gasteiger partial charge in [-0.05, 0) is 42.5 Å². The molecule has 1 aromatic heterocycles. The zero-order valence-electron chi connectivity index (χ0n) is 16.6. The molecule has 166 valence electrons. The van der Waals surface area contributed by atoms with Gasteiger partial charge in [0.15, 0.2) is 5.16 Å². The second-order valence-corrected chi connectivity index (χ2v) is 8.28. The standard InChI is InChI=1S/C21H18Cl2FN5O2S/c1-2-9-29-18(11-19(30)25-15-6-4-14(24)5-7-15)27-28-21(29)32-12-20(31)26-17-10-13(22)3-8-16(17)23/h2-8,10H,1,9,11-12H2,(H,25,30)(H,26,31). The van der Waals surface area contributed by atoms with Crippen LogP contribution in [0.4, 0.5) is 15.8 Å². The molecule has 3 aromatic rings. The summed E-state index contributed by atoms with van der Waals surface area (Å²) in [4.78, 5) is 24.7. The fourth-order valence-corrected chi connectivity index (χ4v) is 3.76. The third-order valence-electron chi connectivity index (χ3n) is 4.09. The van der Waals surface area contributed by atoms with Gasteiger partial charge in [0.25, 0.3) is 0 Å². The van der Waals surface area contributed by atoms with E-state index in [1.54, 1.807) is 28.8 Å². The van der Waals surface area contributed by atoms with E-state index in [4.69, 9.17) is 23.2 Å². The molecular weight excluding hydrogens is 476 g/mol. The Morgan fingerprint density at radius 3 is 2.56 bits per heavy atom. The number of aromatic nitrogens is 3. The van der Waals surface area contributed by atoms with Gasteiger partial charge in [-0.15, -0.1) is 16.8 Å². The van der Waals surface area contributed by atoms with Crippen LogP contribution in [0, 0.1) is 5.82 Å². The van der Waals surface area contributed by atoms with E-state index in [1.165, 1.54) is 24.3 Å². The summed E-state index contributed by atoms with van der Waals surface area (Å²) >= 11 is 13.2. The topological polar surface area (TPSA) is 88.9 Å². The van der Waals surface area contributed by atoms with E-state index in [9.17, 15) is 14.0 Å². The predicted octanol–water partition coefficient (Wildman–Crippen LogP) is 4.82. The number of hydrogen-bond donors (Lipinski definition) is 2. The van der Waals surface area contributed by atoms with Crippen molar-refractivity contribution in [2.24, 2.45) is 0 Å². The molecule has 2 N–H and O–H groups in total. The van der Waals surface area contributed by atoms with Crippen LogP contribution in [0.2, 0.25) is 10.0 Å². The Bertz CT molecular complexity index is 1140. The summed E-state index contributed by atoms with van der Waals surface area (Å²) in [5.41, 5.74) is 0.882. The van der Waals surface area contributed by atoms with E-state index in [0.717, 1.165) is 11.8 Å². The van der Waals surface area contributed by atoms with Gasteiger partial charge < -0.3 is 15.2 Å². The number of benzene rings is 2. The summed E-state index contributed by atoms with van der Waals surface area (Å²) in [6.45, 7) is 4.07. The Morgan fingerprint density at radius 1 is 1.09 bits per heavy atom. The molecule has 0 aliphatic carbocycles. The SMILES string of the molecule is C=CCn1c(CC(=O)Nc2ccc(F)cc2)nnc1SCC(=O)Nc1cc(Cl)ccc1Cl. The molecule has 0 aliphatic heterocycles. The largest absolute Gasteiger partial charge is 0.326 e. The van der Waals surface area contributed by atoms with E-state index in [2.05, 4.69) is 27.4 Å². The second kappa shape index (κ2) is 11.1. The monoisotopic (exact) mass is 493 g/mol. The smallest absolute Gasteiger partial charge is 0.234 e. The van der Waals surface area contributed by atoms with Gasteiger partial charge >= 0.3 is 0 Å². The summed E-state index contributed by atoms with van der Waals surface area (Å²) < 4.78 is 14.7. The molecule has 2 amide bonds. The summed E-state index contributed by atoms with van der Waals surface area (Å²) in [6.07, 6.45) is 1.59. The molecule has 7 nitrogen and oxygen atoms in total. The lowest BCUT2D eigenvalue weighted by Crippen LogP contribution is -2.18. The minimum atomic E-state index is -0.392. The van der Waals surface area contributed by atoms with Gasteiger partial charge in [-0.3, -0.25) is 9.59 Å². The maximum absolute atomic E-state index is 13.0. The zero-order valence-corrected chi connectivity index (χ0v) is 19.0. The number of nitrogens with zero attached hydrogens (tertiary/aromatic N) is 3. The lowest BCUT2D eigenvalue weighted by Gasteiger charge is -2.09. The Labute approximate surface area is 198 Å². The highest BCUT2D eigenvalue weighted by Gasteiger charge is 2.17. The number of hydrogen-bond acceptors (Lipinski definition) is 5. The van der Waals surface area contributed by atoms with Gasteiger partial charge in [-0.2, -0.15) is 0 Å². The molecule has 3 rings (SSSR count). The third kappa shape index (κ3) is 6.56. The number of anilines is 2. The molecule has 32 heavy (non-hydrogen) atoms. The summed E-state index contributed by atoms with van der Waals surface area (Å²) in [7, 11) is 0. The van der Waals surface area contributed by atoms with Crippen molar-refractivity contribution in [1.29, 1.82) is 0 Å². The first-order valence-electron chi connectivity index (χ1n) is 9.32. The van der Waals surface area contributed by atoms with Crippen LogP contribution in [-0.4, -0.2) is 32.3 Å². The third-order valence-corrected chi connectivity index (χ3v) is 5.62. The van der Waals surface area contributed by atoms with Gasteiger partial charge in [0, 0.05) is 17.3 Å². The number of nitrogens with one attached hydrogen (secondary N) is 2. The fourth-order valence-electron chi connectivity index (χ4n) is 2.66. The van der Waals surface area contributed by atoms with E-state index < -0.39 is 5.82 Å². The number of rotatable bonds is 9. The minimum Gasteiger partial charge on any atom is -0.326 e. The summed E-state index contributed by atoms with van der Waals surface area (Å²) in [5.74, 6) is -0.579. The molecule has 0 aliphatic rings. The molecule has 2 aromatic carbocycles. The molecule has 0 bridgehead atoms. The average Bonchev–Trinajstić information content (AvgIpc) is 3.12. The zero-order chi connectivity index (χ0) is 23.1. The predicted molar refractivity (Wildman–Crippen MR) is 125 cm³/mol. The molecule has 0 saturated carbocycles. The van der Waals surface area contributed by atoms with E-state index in [1.807, 2.05) is 0 Å². The highest BCUT2D eigenvalue weighted by Crippen LogP contribution is 2.26. The maximum Gasteiger partial charge on any atom is 0.234 e. The first-order chi connectivity index (χ1) is 15.4. The van der Waals surface area contributed by atoms with Crippen LogP contribution in [0.25, 0.3) is 0 Å². The Kier molecular flexibility index (Phi) is 8.26. The number of halogens is 3. The lowest BCUT2D eigenvalue weighted by molar-refractivity contribution is -0.116. The van der Waals surface area contributed by atoms with Gasteiger partial charge in [-0.1, -0.05) is 41.0 Å². The van der Waals surface area contributed by atoms with Gasteiger partial charge in [-0.25, -0.2) is 4.39 Å². The molecule has 11 heteroatoms. The van der Waals surface area contributed by atoms with Crippen LogP contribution in [-0.2, 0) is 22.6 Å². The van der Waals surface area contributed by atoms with E-state index >= 15 is 0 Å². The normalized spacial score (nSPS) is 10.6. The first-order valence-corrected chi connectivity index (χ1v) is 11.1. The van der Waals surface area contributed by atoms with Crippen molar-refractivity contribution in [3.8, 4) is 0 Å². The van der Waals surface area contributed by atoms with E-state index in [-0.39, 0.29) is 24.0 Å². The van der Waals surface area contributed by atoms with Crippen molar-refractivity contribution >= 4 is 58.2 Å². The van der Waals surface area contributed by atoms with Crippen molar-refractivity contribution < 1.29 is 14.0 Å². The summed E-state index contributed by atoms with van der Waals surface area (Å²) in [5, 5.41) is 14.8. The molecule has 0 unspecified atom stereocenters. The van der Waals surface area contributed by atoms with Crippen molar-refractivity contribution in [3.63, 3.8) is 0 Å². The molecule has 0 saturated heterocycles. The Morgan fingerprint density at radius 2 is 1.84 bits per heavy atom. The Hall–Kier alpha value is -2.88. The minimum absolute atomic E-state index is 0.0416. The van der Waals surface area contributed by atoms with E-state index in [0.29, 0.717) is 38.9 Å². The molecular formula is C21H18Cl2FN5O2S. The maximum atomic E-state index is 13.0. The molecule has 0 atom stereocenters. The number of carbonyl (C=O) groups is 2. The van der Waals surface area contributed by atoms with Gasteiger partial charge in [0.2, 0.25) is 11.8 Å². The fraction of sp³-hybridized carbons (Fsp3) is 0.143. The van der Waals surface area contributed by atoms with Crippen LogP contribution >= 0.6 is 35.0 Å². The first kappa shape index (κ1) is 23.8. The Balaban J connectivity index is 1.62. The van der Waals surface area contributed by atoms with Crippen LogP contribution in [0.15, 0.2) is 60.3 Å². The highest BCUT2D eigenvalue weighted by atomic mass is 35.5. The molecule has 0 spiro atoms. The highest BCUT2D eigenvalue weighted by molar-refractivity contribution is 7.99. The van der Waals surface area contributed by atoms with Gasteiger partial charge in [0.1, 0.15) is 11.6 Å².